The number of hydrogen-bond donors (Lipinski definition) is 1. The SMILES string of the molecule is Cc1ccsc1CNC(=O)CCC(=O)c1ccc(Br)cc1. The molecule has 0 unspecified atom stereocenters. The molecule has 0 radical (unpaired) electrons. The maximum atomic E-state index is 12.0. The highest BCUT2D eigenvalue weighted by atomic mass is 79.9. The van der Waals surface area contributed by atoms with Crippen molar-refractivity contribution in [2.45, 2.75) is 26.3 Å². The van der Waals surface area contributed by atoms with Crippen LogP contribution in [0, 0.1) is 6.92 Å². The van der Waals surface area contributed by atoms with Gasteiger partial charge in [-0.15, -0.1) is 11.3 Å². The minimum Gasteiger partial charge on any atom is -0.351 e. The van der Waals surface area contributed by atoms with Crippen molar-refractivity contribution in [2.24, 2.45) is 0 Å². The van der Waals surface area contributed by atoms with Gasteiger partial charge in [-0.05, 0) is 36.1 Å². The Kier molecular flexibility index (Phi) is 5.70. The molecule has 110 valence electrons. The van der Waals surface area contributed by atoms with Crippen molar-refractivity contribution in [3.63, 3.8) is 0 Å². The molecule has 2 rings (SSSR count). The summed E-state index contributed by atoms with van der Waals surface area (Å²) in [5.74, 6) is -0.0989. The molecule has 0 saturated carbocycles. The van der Waals surface area contributed by atoms with Crippen LogP contribution in [0.25, 0.3) is 0 Å². The van der Waals surface area contributed by atoms with Crippen LogP contribution in [0.2, 0.25) is 0 Å². The summed E-state index contributed by atoms with van der Waals surface area (Å²) in [7, 11) is 0. The number of amides is 1. The largest absolute Gasteiger partial charge is 0.351 e. The number of hydrogen-bond acceptors (Lipinski definition) is 3. The highest BCUT2D eigenvalue weighted by Crippen LogP contribution is 2.15. The van der Waals surface area contributed by atoms with Gasteiger partial charge >= 0.3 is 0 Å². The van der Waals surface area contributed by atoms with Gasteiger partial charge in [0.2, 0.25) is 5.91 Å². The summed E-state index contributed by atoms with van der Waals surface area (Å²) >= 11 is 4.96. The van der Waals surface area contributed by atoms with Crippen LogP contribution >= 0.6 is 27.3 Å². The molecule has 5 heteroatoms. The topological polar surface area (TPSA) is 46.2 Å². The van der Waals surface area contributed by atoms with Crippen molar-refractivity contribution < 1.29 is 9.59 Å². The molecule has 0 bridgehead atoms. The van der Waals surface area contributed by atoms with Crippen LogP contribution in [-0.2, 0) is 11.3 Å². The van der Waals surface area contributed by atoms with Gasteiger partial charge in [0, 0.05) is 27.8 Å². The molecule has 1 N–H and O–H groups in total. The van der Waals surface area contributed by atoms with Crippen LogP contribution < -0.4 is 5.32 Å². The molecule has 0 fully saturated rings. The van der Waals surface area contributed by atoms with E-state index in [4.69, 9.17) is 0 Å². The van der Waals surface area contributed by atoms with Gasteiger partial charge in [-0.3, -0.25) is 9.59 Å². The fourth-order valence-corrected chi connectivity index (χ4v) is 2.97. The first-order valence-electron chi connectivity index (χ1n) is 6.64. The van der Waals surface area contributed by atoms with E-state index in [9.17, 15) is 9.59 Å². The van der Waals surface area contributed by atoms with Gasteiger partial charge in [-0.2, -0.15) is 0 Å². The number of nitrogens with one attached hydrogen (secondary N) is 1. The first-order valence-corrected chi connectivity index (χ1v) is 8.32. The summed E-state index contributed by atoms with van der Waals surface area (Å²) in [6, 6.07) is 9.21. The minimum atomic E-state index is -0.0896. The molecule has 1 aromatic heterocycles. The number of aryl methyl sites for hydroxylation is 1. The van der Waals surface area contributed by atoms with Crippen LogP contribution in [0.15, 0.2) is 40.2 Å². The molecule has 0 saturated heterocycles. The predicted molar refractivity (Wildman–Crippen MR) is 88.6 cm³/mol. The van der Waals surface area contributed by atoms with Gasteiger partial charge in [0.15, 0.2) is 5.78 Å². The highest BCUT2D eigenvalue weighted by molar-refractivity contribution is 9.10. The zero-order valence-corrected chi connectivity index (χ0v) is 14.1. The molecule has 1 heterocycles. The molecular formula is C16H16BrNO2S. The molecule has 0 spiro atoms. The Bertz CT molecular complexity index is 634. The molecule has 2 aromatic rings. The van der Waals surface area contributed by atoms with E-state index in [1.807, 2.05) is 30.5 Å². The zero-order chi connectivity index (χ0) is 15.2. The Morgan fingerprint density at radius 3 is 2.48 bits per heavy atom. The fraction of sp³-hybridized carbons (Fsp3) is 0.250. The first-order chi connectivity index (χ1) is 10.1. The zero-order valence-electron chi connectivity index (χ0n) is 11.7. The summed E-state index contributed by atoms with van der Waals surface area (Å²) < 4.78 is 0.933. The Morgan fingerprint density at radius 2 is 1.86 bits per heavy atom. The van der Waals surface area contributed by atoms with E-state index in [2.05, 4.69) is 21.2 Å². The molecular weight excluding hydrogens is 350 g/mol. The van der Waals surface area contributed by atoms with E-state index in [1.165, 1.54) is 5.56 Å². The quantitative estimate of drug-likeness (QED) is 0.783. The monoisotopic (exact) mass is 365 g/mol. The minimum absolute atomic E-state index is 0.00930. The van der Waals surface area contributed by atoms with Crippen molar-refractivity contribution >= 4 is 39.0 Å². The standard InChI is InChI=1S/C16H16BrNO2S/c1-11-8-9-21-15(11)10-18-16(20)7-6-14(19)12-2-4-13(17)5-3-12/h2-5,8-9H,6-7,10H2,1H3,(H,18,20). The van der Waals surface area contributed by atoms with Gasteiger partial charge in [-0.25, -0.2) is 0 Å². The van der Waals surface area contributed by atoms with Crippen molar-refractivity contribution in [2.75, 3.05) is 0 Å². The Hall–Kier alpha value is -1.46. The molecule has 0 aliphatic rings. The average molecular weight is 366 g/mol. The van der Waals surface area contributed by atoms with Gasteiger partial charge in [0.05, 0.1) is 6.54 Å². The van der Waals surface area contributed by atoms with E-state index in [0.29, 0.717) is 12.1 Å². The van der Waals surface area contributed by atoms with Crippen LogP contribution in [-0.4, -0.2) is 11.7 Å². The number of Topliss-reactive ketones (excluding diaryl/α,β-unsaturated/α-hetero) is 1. The second kappa shape index (κ2) is 7.52. The van der Waals surface area contributed by atoms with Crippen LogP contribution in [0.3, 0.4) is 0 Å². The third-order valence-corrected chi connectivity index (χ3v) is 4.71. The lowest BCUT2D eigenvalue weighted by molar-refractivity contribution is -0.121. The highest BCUT2D eigenvalue weighted by Gasteiger charge is 2.09. The Labute approximate surface area is 136 Å². The van der Waals surface area contributed by atoms with Crippen molar-refractivity contribution in [1.29, 1.82) is 0 Å². The van der Waals surface area contributed by atoms with E-state index in [-0.39, 0.29) is 24.5 Å². The van der Waals surface area contributed by atoms with Crippen molar-refractivity contribution in [3.05, 3.63) is 56.2 Å². The molecule has 0 aliphatic carbocycles. The Balaban J connectivity index is 1.77. The number of carbonyl (C=O) groups is 2. The lowest BCUT2D eigenvalue weighted by atomic mass is 10.1. The second-order valence-electron chi connectivity index (χ2n) is 4.73. The fourth-order valence-electron chi connectivity index (χ4n) is 1.86. The van der Waals surface area contributed by atoms with Crippen LogP contribution in [0.1, 0.15) is 33.6 Å². The Morgan fingerprint density at radius 1 is 1.14 bits per heavy atom. The molecule has 3 nitrogen and oxygen atoms in total. The first kappa shape index (κ1) is 15.9. The number of halogens is 1. The summed E-state index contributed by atoms with van der Waals surface area (Å²) in [6.45, 7) is 2.56. The lowest BCUT2D eigenvalue weighted by Crippen LogP contribution is -2.23. The van der Waals surface area contributed by atoms with E-state index >= 15 is 0 Å². The molecule has 1 amide bonds. The van der Waals surface area contributed by atoms with Gasteiger partial charge < -0.3 is 5.32 Å². The van der Waals surface area contributed by atoms with Gasteiger partial charge in [0.25, 0.3) is 0 Å². The van der Waals surface area contributed by atoms with Crippen LogP contribution in [0.5, 0.6) is 0 Å². The summed E-state index contributed by atoms with van der Waals surface area (Å²) in [6.07, 6.45) is 0.455. The molecule has 1 aromatic carbocycles. The summed E-state index contributed by atoms with van der Waals surface area (Å²) in [5.41, 5.74) is 1.83. The third kappa shape index (κ3) is 4.79. The van der Waals surface area contributed by atoms with Crippen molar-refractivity contribution in [1.82, 2.24) is 5.32 Å². The maximum Gasteiger partial charge on any atom is 0.220 e. The lowest BCUT2D eigenvalue weighted by Gasteiger charge is -2.05. The normalized spacial score (nSPS) is 10.4. The van der Waals surface area contributed by atoms with E-state index in [0.717, 1.165) is 9.35 Å². The maximum absolute atomic E-state index is 12.0. The third-order valence-electron chi connectivity index (χ3n) is 3.16. The number of carbonyl (C=O) groups excluding carboxylic acids is 2. The van der Waals surface area contributed by atoms with E-state index < -0.39 is 0 Å². The average Bonchev–Trinajstić information content (AvgIpc) is 2.88. The predicted octanol–water partition coefficient (Wildman–Crippen LogP) is 4.10. The van der Waals surface area contributed by atoms with E-state index in [1.54, 1.807) is 23.5 Å². The summed E-state index contributed by atoms with van der Waals surface area (Å²) in [4.78, 5) is 24.9. The number of thiophene rings is 1. The number of rotatable bonds is 6. The number of benzene rings is 1. The summed E-state index contributed by atoms with van der Waals surface area (Å²) in [5, 5.41) is 4.86. The molecule has 0 atom stereocenters. The van der Waals surface area contributed by atoms with Gasteiger partial charge in [-0.1, -0.05) is 28.1 Å². The smallest absolute Gasteiger partial charge is 0.220 e. The van der Waals surface area contributed by atoms with Crippen molar-refractivity contribution in [3.8, 4) is 0 Å². The molecule has 21 heavy (non-hydrogen) atoms. The van der Waals surface area contributed by atoms with Crippen LogP contribution in [0.4, 0.5) is 0 Å². The second-order valence-corrected chi connectivity index (χ2v) is 6.65. The van der Waals surface area contributed by atoms with Gasteiger partial charge in [0.1, 0.15) is 0 Å². The number of ketones is 1. The molecule has 0 aliphatic heterocycles.